The van der Waals surface area contributed by atoms with Gasteiger partial charge in [0.15, 0.2) is 5.79 Å². The Morgan fingerprint density at radius 2 is 1.40 bits per heavy atom. The van der Waals surface area contributed by atoms with Crippen LogP contribution in [0.5, 0.6) is 0 Å². The fourth-order valence-corrected chi connectivity index (χ4v) is 5.42. The summed E-state index contributed by atoms with van der Waals surface area (Å²) in [5.41, 5.74) is 2.47. The van der Waals surface area contributed by atoms with Crippen LogP contribution in [0.4, 0.5) is 0 Å². The molecule has 1 heterocycles. The molecule has 1 fully saturated rings. The predicted molar refractivity (Wildman–Crippen MR) is 148 cm³/mol. The van der Waals surface area contributed by atoms with E-state index in [1.165, 1.54) is 6.92 Å². The molecule has 4 rings (SSSR count). The van der Waals surface area contributed by atoms with Crippen molar-refractivity contribution in [3.63, 3.8) is 0 Å². The quantitative estimate of drug-likeness (QED) is 0.320. The van der Waals surface area contributed by atoms with Gasteiger partial charge in [-0.1, -0.05) is 91.0 Å². The molecule has 0 aromatic heterocycles. The van der Waals surface area contributed by atoms with Crippen LogP contribution in [-0.2, 0) is 52.9 Å². The maximum atomic E-state index is 12.4. The Bertz CT molecular complexity index is 1320. The Balaban J connectivity index is 1.70. The monoisotopic (exact) mass is 569 g/mol. The fourth-order valence-electron chi connectivity index (χ4n) is 4.79. The summed E-state index contributed by atoms with van der Waals surface area (Å²) in [4.78, 5) is 12.4. The lowest BCUT2D eigenvalue weighted by molar-refractivity contribution is -0.321. The Labute approximate surface area is 235 Å². The zero-order valence-electron chi connectivity index (χ0n) is 22.5. The molecule has 40 heavy (non-hydrogen) atoms. The second-order valence-electron chi connectivity index (χ2n) is 9.87. The van der Waals surface area contributed by atoms with E-state index in [1.807, 2.05) is 91.0 Å². The van der Waals surface area contributed by atoms with Crippen molar-refractivity contribution in [3.8, 4) is 0 Å². The van der Waals surface area contributed by atoms with Gasteiger partial charge in [0.2, 0.25) is 5.91 Å². The summed E-state index contributed by atoms with van der Waals surface area (Å²) in [5.74, 6) is -2.43. The minimum atomic E-state index is -4.01. The number of rotatable bonds is 12. The summed E-state index contributed by atoms with van der Waals surface area (Å²) in [6, 6.07) is 26.7. The number of hydrogen-bond donors (Lipinski definition) is 2. The van der Waals surface area contributed by atoms with Gasteiger partial charge >= 0.3 is 0 Å². The molecule has 0 bridgehead atoms. The molecule has 214 valence electrons. The third kappa shape index (κ3) is 8.44. The number of hydrogen-bond acceptors (Lipinski definition) is 8. The highest BCUT2D eigenvalue weighted by molar-refractivity contribution is 7.86. The highest BCUT2D eigenvalue weighted by atomic mass is 32.2. The predicted octanol–water partition coefficient (Wildman–Crippen LogP) is 2.97. The summed E-state index contributed by atoms with van der Waals surface area (Å²) >= 11 is 0. The van der Waals surface area contributed by atoms with Crippen molar-refractivity contribution in [2.24, 2.45) is 0 Å². The Morgan fingerprint density at radius 1 is 0.875 bits per heavy atom. The summed E-state index contributed by atoms with van der Waals surface area (Å²) in [5, 5.41) is 14.8. The van der Waals surface area contributed by atoms with E-state index in [-0.39, 0.29) is 26.2 Å². The highest BCUT2D eigenvalue weighted by Crippen LogP contribution is 2.35. The molecule has 0 saturated carbocycles. The van der Waals surface area contributed by atoms with Gasteiger partial charge < -0.3 is 24.6 Å². The van der Waals surface area contributed by atoms with Crippen LogP contribution in [-0.4, -0.2) is 62.4 Å². The summed E-state index contributed by atoms with van der Waals surface area (Å²) < 4.78 is 48.8. The first-order valence-corrected chi connectivity index (χ1v) is 14.8. The number of aliphatic hydroxyl groups is 1. The first-order valence-electron chi connectivity index (χ1n) is 13.0. The number of nitrogens with one attached hydrogen (secondary N) is 1. The van der Waals surface area contributed by atoms with Crippen LogP contribution in [0.25, 0.3) is 0 Å². The second-order valence-corrected chi connectivity index (χ2v) is 11.5. The molecule has 0 unspecified atom stereocenters. The molecule has 1 saturated heterocycles. The SMILES string of the molecule is CC(=O)N[C@@H]1[C@@H](OCc2ccccc2)[C@H](OS(C)(=O)=O)[C@@H](COCc2ccccc2)O[C@@]1(O)Cc1ccccc1. The van der Waals surface area contributed by atoms with E-state index in [9.17, 15) is 18.3 Å². The van der Waals surface area contributed by atoms with Gasteiger partial charge in [0.05, 0.1) is 26.1 Å². The maximum Gasteiger partial charge on any atom is 0.264 e. The molecule has 9 nitrogen and oxygen atoms in total. The van der Waals surface area contributed by atoms with E-state index >= 15 is 0 Å². The van der Waals surface area contributed by atoms with E-state index in [4.69, 9.17) is 18.4 Å². The molecule has 5 atom stereocenters. The smallest absolute Gasteiger partial charge is 0.264 e. The maximum absolute atomic E-state index is 12.4. The molecule has 1 aliphatic heterocycles. The van der Waals surface area contributed by atoms with E-state index in [0.717, 1.165) is 22.9 Å². The van der Waals surface area contributed by atoms with Crippen molar-refractivity contribution in [1.29, 1.82) is 0 Å². The van der Waals surface area contributed by atoms with Crippen LogP contribution in [0.3, 0.4) is 0 Å². The van der Waals surface area contributed by atoms with Gasteiger partial charge in [-0.15, -0.1) is 0 Å². The third-order valence-electron chi connectivity index (χ3n) is 6.48. The summed E-state index contributed by atoms with van der Waals surface area (Å²) in [7, 11) is -4.01. The van der Waals surface area contributed by atoms with Gasteiger partial charge in [-0.2, -0.15) is 8.42 Å². The van der Waals surface area contributed by atoms with Crippen LogP contribution in [0, 0.1) is 0 Å². The van der Waals surface area contributed by atoms with Gasteiger partial charge in [-0.3, -0.25) is 8.98 Å². The van der Waals surface area contributed by atoms with Gasteiger partial charge in [0.25, 0.3) is 10.1 Å². The number of carbonyl (C=O) groups is 1. The molecule has 1 aliphatic rings. The minimum absolute atomic E-state index is 0.00916. The van der Waals surface area contributed by atoms with E-state index < -0.39 is 46.2 Å². The average molecular weight is 570 g/mol. The van der Waals surface area contributed by atoms with Crippen molar-refractivity contribution in [3.05, 3.63) is 108 Å². The molecule has 3 aromatic carbocycles. The van der Waals surface area contributed by atoms with Crippen molar-refractivity contribution in [2.75, 3.05) is 12.9 Å². The van der Waals surface area contributed by atoms with Crippen LogP contribution in [0.2, 0.25) is 0 Å². The number of amides is 1. The second kappa shape index (κ2) is 13.5. The lowest BCUT2D eigenvalue weighted by Gasteiger charge is -2.50. The molecule has 2 N–H and O–H groups in total. The summed E-state index contributed by atoms with van der Waals surface area (Å²) in [6.07, 6.45) is -2.49. The van der Waals surface area contributed by atoms with Gasteiger partial charge in [0, 0.05) is 13.3 Å². The molecule has 0 spiro atoms. The number of benzene rings is 3. The molecule has 0 aliphatic carbocycles. The zero-order valence-corrected chi connectivity index (χ0v) is 23.3. The molecule has 0 radical (unpaired) electrons. The van der Waals surface area contributed by atoms with E-state index in [2.05, 4.69) is 5.32 Å². The Morgan fingerprint density at radius 3 is 1.93 bits per heavy atom. The van der Waals surface area contributed by atoms with Crippen LogP contribution >= 0.6 is 0 Å². The topological polar surface area (TPSA) is 120 Å². The van der Waals surface area contributed by atoms with Gasteiger partial charge in [-0.05, 0) is 16.7 Å². The Kier molecular flexibility index (Phi) is 10.1. The van der Waals surface area contributed by atoms with Gasteiger partial charge in [-0.25, -0.2) is 0 Å². The first-order chi connectivity index (χ1) is 19.1. The normalized spacial score (nSPS) is 24.9. The molecule has 1 amide bonds. The Hall–Kier alpha value is -3.12. The molecular formula is C30H35NO8S. The van der Waals surface area contributed by atoms with E-state index in [0.29, 0.717) is 0 Å². The third-order valence-corrected chi connectivity index (χ3v) is 7.06. The zero-order chi connectivity index (χ0) is 28.6. The fraction of sp³-hybridized carbons (Fsp3) is 0.367. The standard InChI is InChI=1S/C30H35NO8S/c1-22(32)31-29-28(37-20-25-16-10-5-11-17-25)27(39-40(2,34)35)26(21-36-19-24-14-8-4-9-15-24)38-30(29,33)18-23-12-6-3-7-13-23/h3-17,26-29,33H,18-21H2,1-2H3,(H,31,32)/t26-,27-,28+,29-,30+/m1/s1. The van der Waals surface area contributed by atoms with Crippen LogP contribution < -0.4 is 5.32 Å². The van der Waals surface area contributed by atoms with Crippen LogP contribution in [0.1, 0.15) is 23.6 Å². The van der Waals surface area contributed by atoms with Crippen molar-refractivity contribution in [1.82, 2.24) is 5.32 Å². The number of ether oxygens (including phenoxy) is 3. The first kappa shape index (κ1) is 29.9. The summed E-state index contributed by atoms with van der Waals surface area (Å²) in [6.45, 7) is 1.50. The van der Waals surface area contributed by atoms with Crippen molar-refractivity contribution < 1.29 is 36.7 Å². The highest BCUT2D eigenvalue weighted by Gasteiger charge is 2.56. The average Bonchev–Trinajstić information content (AvgIpc) is 2.91. The lowest BCUT2D eigenvalue weighted by atomic mass is 9.86. The molecule has 10 heteroatoms. The van der Waals surface area contributed by atoms with Gasteiger partial charge in [0.1, 0.15) is 24.4 Å². The van der Waals surface area contributed by atoms with Crippen molar-refractivity contribution in [2.45, 2.75) is 56.7 Å². The molecular weight excluding hydrogens is 534 g/mol. The molecule has 3 aromatic rings. The minimum Gasteiger partial charge on any atom is -0.374 e. The number of carbonyl (C=O) groups excluding carboxylic acids is 1. The lowest BCUT2D eigenvalue weighted by Crippen LogP contribution is -2.72. The van der Waals surface area contributed by atoms with Crippen LogP contribution in [0.15, 0.2) is 91.0 Å². The largest absolute Gasteiger partial charge is 0.374 e. The van der Waals surface area contributed by atoms with Crippen molar-refractivity contribution >= 4 is 16.0 Å². The van der Waals surface area contributed by atoms with E-state index in [1.54, 1.807) is 0 Å².